The number of benzene rings is 1. The van der Waals surface area contributed by atoms with Gasteiger partial charge in [-0.25, -0.2) is 4.79 Å². The van der Waals surface area contributed by atoms with E-state index in [1.165, 1.54) is 40.6 Å². The minimum absolute atomic E-state index is 0.165. The summed E-state index contributed by atoms with van der Waals surface area (Å²) < 4.78 is 6.98. The van der Waals surface area contributed by atoms with Crippen molar-refractivity contribution in [2.75, 3.05) is 18.2 Å². The van der Waals surface area contributed by atoms with Crippen LogP contribution in [0.3, 0.4) is 0 Å². The molecule has 1 amide bonds. The van der Waals surface area contributed by atoms with Crippen LogP contribution in [0, 0.1) is 0 Å². The largest absolute Gasteiger partial charge is 0.465 e. The summed E-state index contributed by atoms with van der Waals surface area (Å²) in [6.07, 6.45) is 5.03. The van der Waals surface area contributed by atoms with Gasteiger partial charge in [0.1, 0.15) is 10.8 Å². The van der Waals surface area contributed by atoms with Crippen molar-refractivity contribution < 1.29 is 14.3 Å². The number of anilines is 1. The quantitative estimate of drug-likeness (QED) is 0.393. The number of amides is 1. The number of nitrogens with zero attached hydrogens (tertiary/aromatic N) is 3. The highest BCUT2D eigenvalue weighted by Crippen LogP contribution is 2.54. The Morgan fingerprint density at radius 1 is 1.18 bits per heavy atom. The number of methoxy groups -OCH3 is 1. The number of carbonyl (C=O) groups excluding carboxylic acids is 2. The standard InChI is InChI=1S/C24H26N4O3S2/c1-28-21(17-12-16(17)14-8-4-3-5-9-14)26-27-24(28)32-13-19(29)25-22-20(23(30)31-2)15-10-6-7-11-18(15)33-22/h3-5,8-9,16-17H,6-7,10-13H2,1-2H3,(H,25,29). The second kappa shape index (κ2) is 9.30. The van der Waals surface area contributed by atoms with Crippen LogP contribution in [0.1, 0.15) is 63.3 Å². The topological polar surface area (TPSA) is 86.1 Å². The van der Waals surface area contributed by atoms with E-state index in [0.717, 1.165) is 48.6 Å². The van der Waals surface area contributed by atoms with E-state index in [1.54, 1.807) is 0 Å². The highest BCUT2D eigenvalue weighted by atomic mass is 32.2. The molecule has 5 rings (SSSR count). The van der Waals surface area contributed by atoms with Crippen LogP contribution in [0.15, 0.2) is 35.5 Å². The molecule has 1 fully saturated rings. The summed E-state index contributed by atoms with van der Waals surface area (Å²) in [6.45, 7) is 0. The zero-order valence-corrected chi connectivity index (χ0v) is 20.3. The highest BCUT2D eigenvalue weighted by Gasteiger charge is 2.43. The Morgan fingerprint density at radius 2 is 1.97 bits per heavy atom. The van der Waals surface area contributed by atoms with E-state index in [9.17, 15) is 9.59 Å². The summed E-state index contributed by atoms with van der Waals surface area (Å²) in [7, 11) is 3.34. The summed E-state index contributed by atoms with van der Waals surface area (Å²) in [5.74, 6) is 1.47. The zero-order valence-electron chi connectivity index (χ0n) is 18.7. The Kier molecular flexibility index (Phi) is 6.25. The Labute approximate surface area is 200 Å². The van der Waals surface area contributed by atoms with E-state index in [1.807, 2.05) is 17.7 Å². The number of rotatable bonds is 7. The Morgan fingerprint density at radius 3 is 2.76 bits per heavy atom. The molecule has 2 aliphatic carbocycles. The van der Waals surface area contributed by atoms with Gasteiger partial charge < -0.3 is 14.6 Å². The molecule has 33 heavy (non-hydrogen) atoms. The monoisotopic (exact) mass is 482 g/mol. The Balaban J connectivity index is 1.23. The maximum Gasteiger partial charge on any atom is 0.341 e. The number of thioether (sulfide) groups is 1. The number of esters is 1. The molecule has 7 nitrogen and oxygen atoms in total. The molecule has 3 aromatic rings. The molecule has 9 heteroatoms. The van der Waals surface area contributed by atoms with Crippen LogP contribution < -0.4 is 5.32 Å². The van der Waals surface area contributed by atoms with Crippen molar-refractivity contribution >= 4 is 40.0 Å². The molecule has 2 heterocycles. The maximum absolute atomic E-state index is 12.7. The van der Waals surface area contributed by atoms with Gasteiger partial charge in [-0.15, -0.1) is 21.5 Å². The fraction of sp³-hybridized carbons (Fsp3) is 0.417. The lowest BCUT2D eigenvalue weighted by Gasteiger charge is -2.11. The first-order valence-electron chi connectivity index (χ1n) is 11.2. The number of ether oxygens (including phenoxy) is 1. The third-order valence-corrected chi connectivity index (χ3v) is 8.59. The highest BCUT2D eigenvalue weighted by molar-refractivity contribution is 7.99. The van der Waals surface area contributed by atoms with Gasteiger partial charge in [-0.1, -0.05) is 42.1 Å². The van der Waals surface area contributed by atoms with Crippen molar-refractivity contribution in [3.05, 3.63) is 57.7 Å². The lowest BCUT2D eigenvalue weighted by atomic mass is 9.95. The average Bonchev–Trinajstić information content (AvgIpc) is 3.42. The normalized spacial score (nSPS) is 19.1. The molecule has 1 N–H and O–H groups in total. The van der Waals surface area contributed by atoms with Crippen LogP contribution in [0.5, 0.6) is 0 Å². The SMILES string of the molecule is COC(=O)c1c(NC(=O)CSc2nnc(C3CC3c3ccccc3)n2C)sc2c1CCCC2. The van der Waals surface area contributed by atoms with Crippen molar-refractivity contribution in [3.63, 3.8) is 0 Å². The van der Waals surface area contributed by atoms with Crippen LogP contribution in [-0.4, -0.2) is 39.5 Å². The summed E-state index contributed by atoms with van der Waals surface area (Å²) >= 11 is 2.86. The predicted molar refractivity (Wildman–Crippen MR) is 129 cm³/mol. The molecule has 0 bridgehead atoms. The van der Waals surface area contributed by atoms with E-state index in [-0.39, 0.29) is 17.6 Å². The van der Waals surface area contributed by atoms with Crippen molar-refractivity contribution in [1.29, 1.82) is 0 Å². The maximum atomic E-state index is 12.7. The van der Waals surface area contributed by atoms with Gasteiger partial charge in [-0.05, 0) is 49.1 Å². The van der Waals surface area contributed by atoms with Gasteiger partial charge in [-0.3, -0.25) is 4.79 Å². The zero-order chi connectivity index (χ0) is 22.9. The average molecular weight is 483 g/mol. The van der Waals surface area contributed by atoms with Crippen LogP contribution >= 0.6 is 23.1 Å². The van der Waals surface area contributed by atoms with Gasteiger partial charge in [0.05, 0.1) is 18.4 Å². The number of carbonyl (C=O) groups is 2. The fourth-order valence-electron chi connectivity index (χ4n) is 4.59. The third-order valence-electron chi connectivity index (χ3n) is 6.36. The third kappa shape index (κ3) is 4.44. The molecule has 2 atom stereocenters. The van der Waals surface area contributed by atoms with E-state index in [4.69, 9.17) is 4.74 Å². The number of thiophene rings is 1. The van der Waals surface area contributed by atoms with Crippen LogP contribution in [0.25, 0.3) is 0 Å². The lowest BCUT2D eigenvalue weighted by Crippen LogP contribution is -2.17. The summed E-state index contributed by atoms with van der Waals surface area (Å²) in [5.41, 5.74) is 2.90. The molecule has 2 unspecified atom stereocenters. The smallest absolute Gasteiger partial charge is 0.341 e. The van der Waals surface area contributed by atoms with Crippen molar-refractivity contribution in [2.45, 2.75) is 49.1 Å². The van der Waals surface area contributed by atoms with Gasteiger partial charge in [0.2, 0.25) is 5.91 Å². The Hall–Kier alpha value is -2.65. The molecular weight excluding hydrogens is 456 g/mol. The molecule has 2 aromatic heterocycles. The van der Waals surface area contributed by atoms with Gasteiger partial charge in [0.15, 0.2) is 5.16 Å². The first-order chi connectivity index (χ1) is 16.1. The van der Waals surface area contributed by atoms with Crippen molar-refractivity contribution in [1.82, 2.24) is 14.8 Å². The predicted octanol–water partition coefficient (Wildman–Crippen LogP) is 4.54. The number of aryl methyl sites for hydroxylation is 1. The molecule has 1 saturated carbocycles. The van der Waals surface area contributed by atoms with Gasteiger partial charge in [0, 0.05) is 17.8 Å². The number of hydrogen-bond donors (Lipinski definition) is 1. The molecule has 172 valence electrons. The van der Waals surface area contributed by atoms with E-state index >= 15 is 0 Å². The number of nitrogens with one attached hydrogen (secondary N) is 1. The summed E-state index contributed by atoms with van der Waals surface area (Å²) in [4.78, 5) is 26.3. The molecule has 2 aliphatic rings. The van der Waals surface area contributed by atoms with Gasteiger partial charge in [-0.2, -0.15) is 0 Å². The van der Waals surface area contributed by atoms with Crippen molar-refractivity contribution in [3.8, 4) is 0 Å². The minimum Gasteiger partial charge on any atom is -0.465 e. The lowest BCUT2D eigenvalue weighted by molar-refractivity contribution is -0.113. The fourth-order valence-corrected chi connectivity index (χ4v) is 6.60. The van der Waals surface area contributed by atoms with Crippen molar-refractivity contribution in [2.24, 2.45) is 7.05 Å². The van der Waals surface area contributed by atoms with Gasteiger partial charge >= 0.3 is 5.97 Å². The molecule has 0 spiro atoms. The second-order valence-corrected chi connectivity index (χ2v) is 10.6. The first kappa shape index (κ1) is 22.2. The summed E-state index contributed by atoms with van der Waals surface area (Å²) in [5, 5.41) is 13.0. The second-order valence-electron chi connectivity index (χ2n) is 8.50. The number of hydrogen-bond acceptors (Lipinski definition) is 7. The van der Waals surface area contributed by atoms with E-state index in [2.05, 4.69) is 39.8 Å². The van der Waals surface area contributed by atoms with E-state index in [0.29, 0.717) is 22.4 Å². The van der Waals surface area contributed by atoms with Crippen LogP contribution in [0.2, 0.25) is 0 Å². The number of fused-ring (bicyclic) bond motifs is 1. The molecular formula is C24H26N4O3S2. The van der Waals surface area contributed by atoms with Crippen LogP contribution in [0.4, 0.5) is 5.00 Å². The van der Waals surface area contributed by atoms with Crippen LogP contribution in [-0.2, 0) is 29.4 Å². The molecule has 0 radical (unpaired) electrons. The summed E-state index contributed by atoms with van der Waals surface area (Å²) in [6, 6.07) is 10.5. The first-order valence-corrected chi connectivity index (χ1v) is 13.0. The minimum atomic E-state index is -0.382. The van der Waals surface area contributed by atoms with Gasteiger partial charge in [0.25, 0.3) is 0 Å². The molecule has 0 saturated heterocycles. The number of aromatic nitrogens is 3. The molecule has 0 aliphatic heterocycles. The Bertz CT molecular complexity index is 1190. The molecule has 1 aromatic carbocycles. The van der Waals surface area contributed by atoms with E-state index < -0.39 is 0 Å².